The number of hydrogen-bond donors (Lipinski definition) is 1. The number of pyridine rings is 1. The summed E-state index contributed by atoms with van der Waals surface area (Å²) >= 11 is 3.37. The minimum atomic E-state index is -0.199. The van der Waals surface area contributed by atoms with E-state index in [-0.39, 0.29) is 5.91 Å². The van der Waals surface area contributed by atoms with Crippen molar-refractivity contribution in [3.05, 3.63) is 82.5 Å². The minimum Gasteiger partial charge on any atom is -0.497 e. The number of carbonyl (C=O) groups excluding carboxylic acids is 1. The summed E-state index contributed by atoms with van der Waals surface area (Å²) in [6.07, 6.45) is 1.50. The van der Waals surface area contributed by atoms with E-state index in [1.54, 1.807) is 19.2 Å². The van der Waals surface area contributed by atoms with E-state index in [1.807, 2.05) is 48.5 Å². The van der Waals surface area contributed by atoms with Gasteiger partial charge in [0.25, 0.3) is 5.91 Å². The minimum absolute atomic E-state index is 0.199. The smallest absolute Gasteiger partial charge is 0.253 e. The van der Waals surface area contributed by atoms with Crippen molar-refractivity contribution < 1.29 is 14.3 Å². The van der Waals surface area contributed by atoms with Crippen LogP contribution in [0.15, 0.2) is 71.3 Å². The van der Waals surface area contributed by atoms with Gasteiger partial charge in [-0.1, -0.05) is 28.1 Å². The van der Waals surface area contributed by atoms with Crippen molar-refractivity contribution in [3.8, 4) is 17.4 Å². The summed E-state index contributed by atoms with van der Waals surface area (Å²) < 4.78 is 11.8. The predicted octanol–water partition coefficient (Wildman–Crippen LogP) is 4.58. The Morgan fingerprint density at radius 1 is 1.08 bits per heavy atom. The molecule has 0 saturated heterocycles. The second-order valence-electron chi connectivity index (χ2n) is 5.48. The lowest BCUT2D eigenvalue weighted by Crippen LogP contribution is -2.22. The maximum absolute atomic E-state index is 12.3. The average molecular weight is 413 g/mol. The van der Waals surface area contributed by atoms with Gasteiger partial charge in [-0.05, 0) is 48.0 Å². The van der Waals surface area contributed by atoms with Crippen molar-refractivity contribution in [2.24, 2.45) is 0 Å². The number of carbonyl (C=O) groups is 1. The Hall–Kier alpha value is -2.86. The second kappa shape index (κ2) is 8.49. The third-order valence-corrected chi connectivity index (χ3v) is 4.15. The van der Waals surface area contributed by atoms with E-state index in [1.165, 1.54) is 6.20 Å². The van der Waals surface area contributed by atoms with Crippen LogP contribution in [0.4, 0.5) is 0 Å². The largest absolute Gasteiger partial charge is 0.497 e. The number of hydrogen-bond acceptors (Lipinski definition) is 4. The van der Waals surface area contributed by atoms with Gasteiger partial charge in [0.15, 0.2) is 0 Å². The van der Waals surface area contributed by atoms with E-state index in [0.29, 0.717) is 23.7 Å². The van der Waals surface area contributed by atoms with Gasteiger partial charge in [0.1, 0.15) is 11.5 Å². The molecule has 0 aliphatic rings. The zero-order valence-electron chi connectivity index (χ0n) is 14.1. The van der Waals surface area contributed by atoms with Crippen molar-refractivity contribution in [1.82, 2.24) is 10.3 Å². The van der Waals surface area contributed by atoms with Gasteiger partial charge in [0, 0.05) is 23.3 Å². The number of benzene rings is 2. The standard InChI is InChI=1S/C20H17BrN2O3/c1-25-18-4-2-3-14(11-18)12-23-20(24)15-5-10-19(22-13-15)26-17-8-6-16(21)7-9-17/h2-11,13H,12H2,1H3,(H,23,24). The Morgan fingerprint density at radius 2 is 1.88 bits per heavy atom. The van der Waals surface area contributed by atoms with Crippen LogP contribution in [-0.2, 0) is 6.54 Å². The van der Waals surface area contributed by atoms with Crippen molar-refractivity contribution >= 4 is 21.8 Å². The Morgan fingerprint density at radius 3 is 2.58 bits per heavy atom. The highest BCUT2D eigenvalue weighted by Crippen LogP contribution is 2.21. The van der Waals surface area contributed by atoms with Crippen LogP contribution in [0.2, 0.25) is 0 Å². The molecule has 0 atom stereocenters. The van der Waals surface area contributed by atoms with E-state index in [4.69, 9.17) is 9.47 Å². The molecule has 0 fully saturated rings. The van der Waals surface area contributed by atoms with E-state index in [9.17, 15) is 4.79 Å². The summed E-state index contributed by atoms with van der Waals surface area (Å²) in [6, 6.07) is 18.3. The van der Waals surface area contributed by atoms with Crippen LogP contribution in [-0.4, -0.2) is 18.0 Å². The van der Waals surface area contributed by atoms with Crippen LogP contribution >= 0.6 is 15.9 Å². The molecule has 0 saturated carbocycles. The number of nitrogens with one attached hydrogen (secondary N) is 1. The lowest BCUT2D eigenvalue weighted by Gasteiger charge is -2.08. The Bertz CT molecular complexity index is 880. The Kier molecular flexibility index (Phi) is 5.86. The highest BCUT2D eigenvalue weighted by molar-refractivity contribution is 9.10. The molecule has 3 rings (SSSR count). The fourth-order valence-corrected chi connectivity index (χ4v) is 2.53. The summed E-state index contributed by atoms with van der Waals surface area (Å²) in [5.41, 5.74) is 1.43. The first-order chi connectivity index (χ1) is 12.6. The topological polar surface area (TPSA) is 60.5 Å². The van der Waals surface area contributed by atoms with Gasteiger partial charge in [-0.2, -0.15) is 0 Å². The number of aromatic nitrogens is 1. The van der Waals surface area contributed by atoms with Crippen LogP contribution in [0.25, 0.3) is 0 Å². The van der Waals surface area contributed by atoms with Gasteiger partial charge in [-0.3, -0.25) is 4.79 Å². The maximum Gasteiger partial charge on any atom is 0.253 e. The van der Waals surface area contributed by atoms with Crippen molar-refractivity contribution in [1.29, 1.82) is 0 Å². The van der Waals surface area contributed by atoms with Crippen LogP contribution in [0.3, 0.4) is 0 Å². The van der Waals surface area contributed by atoms with E-state index in [0.717, 1.165) is 15.8 Å². The molecule has 1 heterocycles. The molecule has 5 nitrogen and oxygen atoms in total. The SMILES string of the molecule is COc1cccc(CNC(=O)c2ccc(Oc3ccc(Br)cc3)nc2)c1. The molecular formula is C20H17BrN2O3. The second-order valence-corrected chi connectivity index (χ2v) is 6.39. The molecule has 26 heavy (non-hydrogen) atoms. The van der Waals surface area contributed by atoms with Crippen molar-refractivity contribution in [2.45, 2.75) is 6.54 Å². The molecule has 0 bridgehead atoms. The molecular weight excluding hydrogens is 396 g/mol. The number of halogens is 1. The summed E-state index contributed by atoms with van der Waals surface area (Å²) in [4.78, 5) is 16.4. The highest BCUT2D eigenvalue weighted by Gasteiger charge is 2.07. The number of rotatable bonds is 6. The van der Waals surface area contributed by atoms with E-state index >= 15 is 0 Å². The summed E-state index contributed by atoms with van der Waals surface area (Å²) in [5.74, 6) is 1.66. The maximum atomic E-state index is 12.3. The molecule has 0 unspecified atom stereocenters. The van der Waals surface area contributed by atoms with Gasteiger partial charge >= 0.3 is 0 Å². The van der Waals surface area contributed by atoms with Crippen molar-refractivity contribution in [3.63, 3.8) is 0 Å². The molecule has 0 radical (unpaired) electrons. The van der Waals surface area contributed by atoms with Crippen LogP contribution in [0.1, 0.15) is 15.9 Å². The van der Waals surface area contributed by atoms with Gasteiger partial charge < -0.3 is 14.8 Å². The van der Waals surface area contributed by atoms with E-state index in [2.05, 4.69) is 26.2 Å². The average Bonchev–Trinajstić information content (AvgIpc) is 2.68. The van der Waals surface area contributed by atoms with Crippen LogP contribution in [0, 0.1) is 0 Å². The normalized spacial score (nSPS) is 10.2. The first kappa shape index (κ1) is 17.9. The molecule has 0 aliphatic carbocycles. The Labute approximate surface area is 160 Å². The van der Waals surface area contributed by atoms with Gasteiger partial charge in [0.2, 0.25) is 5.88 Å². The number of amides is 1. The zero-order valence-corrected chi connectivity index (χ0v) is 15.7. The van der Waals surface area contributed by atoms with E-state index < -0.39 is 0 Å². The third kappa shape index (κ3) is 4.83. The first-order valence-electron chi connectivity index (χ1n) is 7.94. The molecule has 6 heteroatoms. The summed E-state index contributed by atoms with van der Waals surface area (Å²) in [7, 11) is 1.61. The van der Waals surface area contributed by atoms with Gasteiger partial charge in [0.05, 0.1) is 12.7 Å². The molecule has 1 N–H and O–H groups in total. The molecule has 2 aromatic carbocycles. The lowest BCUT2D eigenvalue weighted by molar-refractivity contribution is 0.0950. The third-order valence-electron chi connectivity index (χ3n) is 3.62. The lowest BCUT2D eigenvalue weighted by atomic mass is 10.2. The number of methoxy groups -OCH3 is 1. The van der Waals surface area contributed by atoms with Crippen molar-refractivity contribution in [2.75, 3.05) is 7.11 Å². The highest BCUT2D eigenvalue weighted by atomic mass is 79.9. The van der Waals surface area contributed by atoms with Crippen LogP contribution < -0.4 is 14.8 Å². The molecule has 3 aromatic rings. The number of ether oxygens (including phenoxy) is 2. The molecule has 132 valence electrons. The molecule has 0 aliphatic heterocycles. The molecule has 0 spiro atoms. The van der Waals surface area contributed by atoms with Gasteiger partial charge in [-0.25, -0.2) is 4.98 Å². The fraction of sp³-hybridized carbons (Fsp3) is 0.100. The summed E-state index contributed by atoms with van der Waals surface area (Å²) in [5, 5.41) is 2.86. The zero-order chi connectivity index (χ0) is 18.4. The monoisotopic (exact) mass is 412 g/mol. The predicted molar refractivity (Wildman–Crippen MR) is 103 cm³/mol. The van der Waals surface area contributed by atoms with Crippen LogP contribution in [0.5, 0.6) is 17.4 Å². The molecule has 1 aromatic heterocycles. The number of nitrogens with zero attached hydrogens (tertiary/aromatic N) is 1. The summed E-state index contributed by atoms with van der Waals surface area (Å²) in [6.45, 7) is 0.410. The van der Waals surface area contributed by atoms with Gasteiger partial charge in [-0.15, -0.1) is 0 Å². The quantitative estimate of drug-likeness (QED) is 0.643. The first-order valence-corrected chi connectivity index (χ1v) is 8.74. The Balaban J connectivity index is 1.58. The molecule has 1 amide bonds. The fourth-order valence-electron chi connectivity index (χ4n) is 2.27.